The Hall–Kier alpha value is -0.0800. The Morgan fingerprint density at radius 3 is 2.17 bits per heavy atom. The Morgan fingerprint density at radius 2 is 1.53 bits per heavy atom. The van der Waals surface area contributed by atoms with Crippen molar-refractivity contribution >= 4 is 0 Å². The third-order valence-corrected chi connectivity index (χ3v) is 8.94. The van der Waals surface area contributed by atoms with Gasteiger partial charge >= 0.3 is 0 Å². The highest BCUT2D eigenvalue weighted by atomic mass is 16.3. The minimum absolute atomic E-state index is 0.131. The number of hydrogen-bond donors (Lipinski definition) is 2. The standard InChI is InChI=1S/C28H54O2/c1-7-23-9-8-10-24(18-23)17-21(3)27(30)22(4)19-28(5,6)16-15-26(29)25-13-11-20(2)12-14-25/h20-27,29-30H,7-19H2,1-6H3. The van der Waals surface area contributed by atoms with Crippen LogP contribution in [-0.2, 0) is 0 Å². The van der Waals surface area contributed by atoms with Crippen molar-refractivity contribution in [3.05, 3.63) is 0 Å². The van der Waals surface area contributed by atoms with Crippen molar-refractivity contribution in [3.63, 3.8) is 0 Å². The van der Waals surface area contributed by atoms with Gasteiger partial charge in [0.2, 0.25) is 0 Å². The monoisotopic (exact) mass is 422 g/mol. The van der Waals surface area contributed by atoms with E-state index in [1.54, 1.807) is 0 Å². The van der Waals surface area contributed by atoms with Crippen molar-refractivity contribution < 1.29 is 10.2 Å². The molecule has 0 aromatic carbocycles. The van der Waals surface area contributed by atoms with Gasteiger partial charge in [-0.3, -0.25) is 0 Å². The van der Waals surface area contributed by atoms with Crippen LogP contribution in [0.15, 0.2) is 0 Å². The average Bonchev–Trinajstić information content (AvgIpc) is 2.71. The Balaban J connectivity index is 1.74. The maximum atomic E-state index is 11.1. The summed E-state index contributed by atoms with van der Waals surface area (Å²) in [5.41, 5.74) is 0.182. The Morgan fingerprint density at radius 1 is 0.900 bits per heavy atom. The summed E-state index contributed by atoms with van der Waals surface area (Å²) in [5.74, 6) is 3.82. The van der Waals surface area contributed by atoms with Crippen LogP contribution < -0.4 is 0 Å². The molecule has 0 radical (unpaired) electrons. The van der Waals surface area contributed by atoms with Gasteiger partial charge in [0, 0.05) is 0 Å². The summed E-state index contributed by atoms with van der Waals surface area (Å²) in [6.07, 6.45) is 15.7. The lowest BCUT2D eigenvalue weighted by Crippen LogP contribution is -2.32. The quantitative estimate of drug-likeness (QED) is 0.359. The lowest BCUT2D eigenvalue weighted by Gasteiger charge is -2.36. The Bertz CT molecular complexity index is 465. The van der Waals surface area contributed by atoms with E-state index in [-0.39, 0.29) is 17.6 Å². The molecule has 178 valence electrons. The fourth-order valence-electron chi connectivity index (χ4n) is 6.75. The van der Waals surface area contributed by atoms with E-state index in [9.17, 15) is 10.2 Å². The Labute approximate surface area is 188 Å². The zero-order valence-electron chi connectivity index (χ0n) is 21.2. The predicted molar refractivity (Wildman–Crippen MR) is 129 cm³/mol. The van der Waals surface area contributed by atoms with Crippen molar-refractivity contribution in [1.82, 2.24) is 0 Å². The van der Waals surface area contributed by atoms with Gasteiger partial charge in [-0.2, -0.15) is 0 Å². The second kappa shape index (κ2) is 12.2. The van der Waals surface area contributed by atoms with Crippen LogP contribution in [0.4, 0.5) is 0 Å². The van der Waals surface area contributed by atoms with E-state index in [0.29, 0.717) is 17.8 Å². The first-order valence-corrected chi connectivity index (χ1v) is 13.5. The molecular weight excluding hydrogens is 368 g/mol. The molecule has 0 saturated heterocycles. The summed E-state index contributed by atoms with van der Waals surface area (Å²) in [4.78, 5) is 0. The summed E-state index contributed by atoms with van der Waals surface area (Å²) < 4.78 is 0. The fourth-order valence-corrected chi connectivity index (χ4v) is 6.75. The van der Waals surface area contributed by atoms with Crippen LogP contribution in [0.3, 0.4) is 0 Å². The van der Waals surface area contributed by atoms with E-state index < -0.39 is 0 Å². The molecule has 0 spiro atoms. The first-order valence-electron chi connectivity index (χ1n) is 13.5. The predicted octanol–water partition coefficient (Wildman–Crippen LogP) is 7.61. The van der Waals surface area contributed by atoms with Crippen molar-refractivity contribution in [2.75, 3.05) is 0 Å². The number of aliphatic hydroxyl groups is 2. The molecule has 30 heavy (non-hydrogen) atoms. The van der Waals surface area contributed by atoms with Gasteiger partial charge in [0.25, 0.3) is 0 Å². The molecule has 2 aliphatic carbocycles. The van der Waals surface area contributed by atoms with Gasteiger partial charge in [-0.05, 0) is 85.9 Å². The third kappa shape index (κ3) is 8.45. The molecule has 2 N–H and O–H groups in total. The molecule has 0 aromatic heterocycles. The van der Waals surface area contributed by atoms with E-state index in [4.69, 9.17) is 0 Å². The van der Waals surface area contributed by atoms with Crippen molar-refractivity contribution in [1.29, 1.82) is 0 Å². The van der Waals surface area contributed by atoms with Crippen LogP contribution in [-0.4, -0.2) is 22.4 Å². The van der Waals surface area contributed by atoms with Crippen LogP contribution >= 0.6 is 0 Å². The van der Waals surface area contributed by atoms with Gasteiger partial charge in [0.1, 0.15) is 0 Å². The van der Waals surface area contributed by atoms with Crippen molar-refractivity contribution in [3.8, 4) is 0 Å². The molecule has 6 unspecified atom stereocenters. The van der Waals surface area contributed by atoms with Gasteiger partial charge in [-0.25, -0.2) is 0 Å². The number of hydrogen-bond acceptors (Lipinski definition) is 2. The average molecular weight is 423 g/mol. The molecule has 0 heterocycles. The summed E-state index contributed by atoms with van der Waals surface area (Å²) >= 11 is 0. The molecule has 0 amide bonds. The van der Waals surface area contributed by atoms with Gasteiger partial charge in [0.05, 0.1) is 12.2 Å². The molecule has 0 aliphatic heterocycles. The van der Waals surface area contributed by atoms with E-state index in [2.05, 4.69) is 41.5 Å². The lowest BCUT2D eigenvalue weighted by molar-refractivity contribution is 0.0215. The highest BCUT2D eigenvalue weighted by molar-refractivity contribution is 4.83. The summed E-state index contributed by atoms with van der Waals surface area (Å²) in [6, 6.07) is 0. The van der Waals surface area contributed by atoms with Crippen LogP contribution in [0.2, 0.25) is 0 Å². The Kier molecular flexibility index (Phi) is 10.7. The maximum Gasteiger partial charge on any atom is 0.0591 e. The first kappa shape index (κ1) is 26.2. The highest BCUT2D eigenvalue weighted by Gasteiger charge is 2.32. The van der Waals surface area contributed by atoms with Crippen LogP contribution in [0, 0.1) is 40.9 Å². The summed E-state index contributed by atoms with van der Waals surface area (Å²) in [7, 11) is 0. The van der Waals surface area contributed by atoms with Crippen LogP contribution in [0.1, 0.15) is 125 Å². The van der Waals surface area contributed by atoms with Crippen LogP contribution in [0.25, 0.3) is 0 Å². The van der Waals surface area contributed by atoms with E-state index >= 15 is 0 Å². The SMILES string of the molecule is CCC1CCCC(CC(C)C(O)C(C)CC(C)(C)CCC(O)C2CCC(C)CC2)C1. The van der Waals surface area contributed by atoms with E-state index in [1.165, 1.54) is 64.2 Å². The number of rotatable bonds is 11. The van der Waals surface area contributed by atoms with Gasteiger partial charge in [-0.1, -0.05) is 80.1 Å². The first-order chi connectivity index (χ1) is 14.1. The van der Waals surface area contributed by atoms with E-state index in [1.807, 2.05) is 0 Å². The maximum absolute atomic E-state index is 11.1. The normalized spacial score (nSPS) is 32.4. The smallest absolute Gasteiger partial charge is 0.0591 e. The largest absolute Gasteiger partial charge is 0.393 e. The van der Waals surface area contributed by atoms with Crippen LogP contribution in [0.5, 0.6) is 0 Å². The molecule has 2 rings (SSSR count). The molecule has 6 atom stereocenters. The minimum atomic E-state index is -0.198. The molecule has 2 aliphatic rings. The summed E-state index contributed by atoms with van der Waals surface area (Å²) in [6.45, 7) is 13.9. The molecule has 2 saturated carbocycles. The zero-order valence-corrected chi connectivity index (χ0v) is 21.2. The van der Waals surface area contributed by atoms with Gasteiger partial charge < -0.3 is 10.2 Å². The topological polar surface area (TPSA) is 40.5 Å². The minimum Gasteiger partial charge on any atom is -0.393 e. The molecule has 2 heteroatoms. The van der Waals surface area contributed by atoms with Gasteiger partial charge in [0.15, 0.2) is 0 Å². The fraction of sp³-hybridized carbons (Fsp3) is 1.00. The molecular formula is C28H54O2. The van der Waals surface area contributed by atoms with Gasteiger partial charge in [-0.15, -0.1) is 0 Å². The van der Waals surface area contributed by atoms with E-state index in [0.717, 1.165) is 37.0 Å². The lowest BCUT2D eigenvalue weighted by atomic mass is 9.72. The third-order valence-electron chi connectivity index (χ3n) is 8.94. The second-order valence-corrected chi connectivity index (χ2v) is 12.5. The molecule has 2 fully saturated rings. The molecule has 0 aromatic rings. The highest BCUT2D eigenvalue weighted by Crippen LogP contribution is 2.39. The zero-order chi connectivity index (χ0) is 22.3. The summed E-state index contributed by atoms with van der Waals surface area (Å²) in [5, 5.41) is 21.8. The van der Waals surface area contributed by atoms with Crippen molar-refractivity contribution in [2.24, 2.45) is 40.9 Å². The molecule has 2 nitrogen and oxygen atoms in total. The molecule has 0 bridgehead atoms. The number of aliphatic hydroxyl groups excluding tert-OH is 2. The second-order valence-electron chi connectivity index (χ2n) is 12.5. The van der Waals surface area contributed by atoms with Crippen molar-refractivity contribution in [2.45, 2.75) is 137 Å².